The first-order valence-corrected chi connectivity index (χ1v) is 8.04. The van der Waals surface area contributed by atoms with E-state index >= 15 is 0 Å². The first kappa shape index (κ1) is 16.8. The first-order valence-electron chi connectivity index (χ1n) is 8.04. The van der Waals surface area contributed by atoms with Gasteiger partial charge in [0.2, 0.25) is 0 Å². The standard InChI is InChI=1S/C20H20N2O3/c1-24-17-10-8-15(14-18(17)25-2)9-11-19(23)22-13-12-21-20(22)16-6-4-3-5-7-16/h3-11,14H,12-13H2,1-2H3. The van der Waals surface area contributed by atoms with Crippen molar-refractivity contribution in [2.75, 3.05) is 27.3 Å². The van der Waals surface area contributed by atoms with Gasteiger partial charge in [-0.25, -0.2) is 0 Å². The molecule has 2 aromatic carbocycles. The highest BCUT2D eigenvalue weighted by atomic mass is 16.5. The van der Waals surface area contributed by atoms with Crippen LogP contribution in [0.5, 0.6) is 11.5 Å². The van der Waals surface area contributed by atoms with Crippen LogP contribution in [-0.4, -0.2) is 44.0 Å². The minimum absolute atomic E-state index is 0.0881. The summed E-state index contributed by atoms with van der Waals surface area (Å²) in [7, 11) is 3.18. The number of hydrogen-bond donors (Lipinski definition) is 0. The van der Waals surface area contributed by atoms with Crippen molar-refractivity contribution in [3.8, 4) is 11.5 Å². The molecule has 1 heterocycles. The summed E-state index contributed by atoms with van der Waals surface area (Å²) in [6.07, 6.45) is 3.33. The van der Waals surface area contributed by atoms with Crippen molar-refractivity contribution < 1.29 is 14.3 Å². The average Bonchev–Trinajstić information content (AvgIpc) is 3.16. The van der Waals surface area contributed by atoms with Crippen LogP contribution in [-0.2, 0) is 4.79 Å². The van der Waals surface area contributed by atoms with E-state index in [4.69, 9.17) is 9.47 Å². The van der Waals surface area contributed by atoms with Gasteiger partial charge in [0.25, 0.3) is 5.91 Å². The number of amidine groups is 1. The van der Waals surface area contributed by atoms with Crippen LogP contribution in [0, 0.1) is 0 Å². The Hall–Kier alpha value is -3.08. The van der Waals surface area contributed by atoms with Crippen molar-refractivity contribution in [1.29, 1.82) is 0 Å². The molecule has 0 saturated carbocycles. The molecule has 25 heavy (non-hydrogen) atoms. The molecule has 0 fully saturated rings. The van der Waals surface area contributed by atoms with Crippen molar-refractivity contribution in [3.05, 3.63) is 65.7 Å². The summed E-state index contributed by atoms with van der Waals surface area (Å²) in [4.78, 5) is 18.7. The maximum absolute atomic E-state index is 12.6. The highest BCUT2D eigenvalue weighted by Crippen LogP contribution is 2.28. The van der Waals surface area contributed by atoms with E-state index in [2.05, 4.69) is 4.99 Å². The number of rotatable bonds is 5. The Bertz CT molecular complexity index is 813. The Kier molecular flexibility index (Phi) is 5.14. The van der Waals surface area contributed by atoms with Crippen LogP contribution in [0.25, 0.3) is 6.08 Å². The predicted octanol–water partition coefficient (Wildman–Crippen LogP) is 3.01. The Labute approximate surface area is 147 Å². The van der Waals surface area contributed by atoms with E-state index in [0.717, 1.165) is 17.0 Å². The fraction of sp³-hybridized carbons (Fsp3) is 0.200. The fourth-order valence-electron chi connectivity index (χ4n) is 2.71. The second kappa shape index (κ2) is 7.66. The lowest BCUT2D eigenvalue weighted by Gasteiger charge is -2.16. The molecule has 2 aromatic rings. The number of amides is 1. The summed E-state index contributed by atoms with van der Waals surface area (Å²) in [5.74, 6) is 1.92. The highest BCUT2D eigenvalue weighted by molar-refractivity contribution is 6.12. The summed E-state index contributed by atoms with van der Waals surface area (Å²) in [6.45, 7) is 1.22. The van der Waals surface area contributed by atoms with Gasteiger partial charge in [-0.05, 0) is 23.8 Å². The van der Waals surface area contributed by atoms with Gasteiger partial charge in [-0.15, -0.1) is 0 Å². The molecule has 0 spiro atoms. The number of methoxy groups -OCH3 is 2. The molecule has 1 aliphatic rings. The molecule has 128 valence electrons. The SMILES string of the molecule is COc1ccc(C=CC(=O)N2CCN=C2c2ccccc2)cc1OC. The van der Waals surface area contributed by atoms with Gasteiger partial charge in [-0.3, -0.25) is 14.7 Å². The van der Waals surface area contributed by atoms with Crippen molar-refractivity contribution in [2.45, 2.75) is 0 Å². The molecule has 1 amide bonds. The summed E-state index contributed by atoms with van der Waals surface area (Å²) >= 11 is 0. The third kappa shape index (κ3) is 3.71. The minimum Gasteiger partial charge on any atom is -0.493 e. The number of nitrogens with zero attached hydrogens (tertiary/aromatic N) is 2. The van der Waals surface area contributed by atoms with Crippen molar-refractivity contribution >= 4 is 17.8 Å². The first-order chi connectivity index (χ1) is 12.2. The van der Waals surface area contributed by atoms with Gasteiger partial charge in [-0.2, -0.15) is 0 Å². The number of hydrogen-bond acceptors (Lipinski definition) is 4. The molecule has 0 radical (unpaired) electrons. The van der Waals surface area contributed by atoms with E-state index in [9.17, 15) is 4.79 Å². The number of benzene rings is 2. The van der Waals surface area contributed by atoms with Crippen LogP contribution >= 0.6 is 0 Å². The Morgan fingerprint density at radius 1 is 1.08 bits per heavy atom. The van der Waals surface area contributed by atoms with E-state index in [1.165, 1.54) is 0 Å². The number of aliphatic imine (C=N–C) groups is 1. The van der Waals surface area contributed by atoms with Crippen molar-refractivity contribution in [1.82, 2.24) is 4.90 Å². The van der Waals surface area contributed by atoms with Gasteiger partial charge < -0.3 is 9.47 Å². The summed E-state index contributed by atoms with van der Waals surface area (Å²) in [5.41, 5.74) is 1.82. The zero-order valence-electron chi connectivity index (χ0n) is 14.3. The van der Waals surface area contributed by atoms with Crippen molar-refractivity contribution in [2.24, 2.45) is 4.99 Å². The monoisotopic (exact) mass is 336 g/mol. The molecule has 0 saturated heterocycles. The lowest BCUT2D eigenvalue weighted by Crippen LogP contribution is -2.33. The summed E-state index contributed by atoms with van der Waals surface area (Å²) < 4.78 is 10.5. The van der Waals surface area contributed by atoms with Gasteiger partial charge in [0.05, 0.1) is 20.8 Å². The fourth-order valence-corrected chi connectivity index (χ4v) is 2.71. The maximum atomic E-state index is 12.6. The topological polar surface area (TPSA) is 51.1 Å². The predicted molar refractivity (Wildman–Crippen MR) is 98.1 cm³/mol. The molecule has 0 aromatic heterocycles. The highest BCUT2D eigenvalue weighted by Gasteiger charge is 2.22. The molecule has 0 bridgehead atoms. The van der Waals surface area contributed by atoms with Crippen molar-refractivity contribution in [3.63, 3.8) is 0 Å². The lowest BCUT2D eigenvalue weighted by atomic mass is 10.1. The van der Waals surface area contributed by atoms with E-state index in [1.54, 1.807) is 31.3 Å². The van der Waals surface area contributed by atoms with Gasteiger partial charge >= 0.3 is 0 Å². The number of ether oxygens (including phenoxy) is 2. The number of carbonyl (C=O) groups is 1. The Balaban J connectivity index is 1.76. The molecule has 3 rings (SSSR count). The average molecular weight is 336 g/mol. The van der Waals surface area contributed by atoms with E-state index < -0.39 is 0 Å². The maximum Gasteiger partial charge on any atom is 0.252 e. The summed E-state index contributed by atoms with van der Waals surface area (Å²) in [5, 5.41) is 0. The van der Waals surface area contributed by atoms with Crippen LogP contribution in [0.15, 0.2) is 59.6 Å². The number of carbonyl (C=O) groups excluding carboxylic acids is 1. The van der Waals surface area contributed by atoms with E-state index in [1.807, 2.05) is 48.5 Å². The quantitative estimate of drug-likeness (QED) is 0.789. The molecule has 5 heteroatoms. The smallest absolute Gasteiger partial charge is 0.252 e. The lowest BCUT2D eigenvalue weighted by molar-refractivity contribution is -0.121. The second-order valence-electron chi connectivity index (χ2n) is 5.51. The molecule has 1 aliphatic heterocycles. The molecular formula is C20H20N2O3. The third-order valence-electron chi connectivity index (χ3n) is 3.96. The van der Waals surface area contributed by atoms with Gasteiger partial charge in [0, 0.05) is 18.2 Å². The van der Waals surface area contributed by atoms with Crippen LogP contribution in [0.1, 0.15) is 11.1 Å². The van der Waals surface area contributed by atoms with E-state index in [-0.39, 0.29) is 5.91 Å². The molecule has 0 atom stereocenters. The largest absolute Gasteiger partial charge is 0.493 e. The molecule has 0 unspecified atom stereocenters. The Morgan fingerprint density at radius 2 is 1.84 bits per heavy atom. The van der Waals surface area contributed by atoms with Gasteiger partial charge in [-0.1, -0.05) is 36.4 Å². The molecule has 0 aliphatic carbocycles. The third-order valence-corrected chi connectivity index (χ3v) is 3.96. The second-order valence-corrected chi connectivity index (χ2v) is 5.51. The zero-order chi connectivity index (χ0) is 17.6. The van der Waals surface area contributed by atoms with Crippen LogP contribution in [0.3, 0.4) is 0 Å². The van der Waals surface area contributed by atoms with Crippen LogP contribution < -0.4 is 9.47 Å². The van der Waals surface area contributed by atoms with E-state index in [0.29, 0.717) is 24.6 Å². The zero-order valence-corrected chi connectivity index (χ0v) is 14.3. The molecule has 0 N–H and O–H groups in total. The van der Waals surface area contributed by atoms with Gasteiger partial charge in [0.1, 0.15) is 5.84 Å². The van der Waals surface area contributed by atoms with Crippen LogP contribution in [0.4, 0.5) is 0 Å². The molecule has 5 nitrogen and oxygen atoms in total. The minimum atomic E-state index is -0.0881. The Morgan fingerprint density at radius 3 is 2.56 bits per heavy atom. The normalized spacial score (nSPS) is 13.8. The van der Waals surface area contributed by atoms with Crippen LogP contribution in [0.2, 0.25) is 0 Å². The molecular weight excluding hydrogens is 316 g/mol. The summed E-state index contributed by atoms with van der Waals surface area (Å²) in [6, 6.07) is 15.3. The van der Waals surface area contributed by atoms with Gasteiger partial charge in [0.15, 0.2) is 11.5 Å².